The number of nitrogens with one attached hydrogen (secondary N) is 1. The summed E-state index contributed by atoms with van der Waals surface area (Å²) in [6, 6.07) is 7.99. The Kier molecular flexibility index (Phi) is 5.26. The molecule has 3 atom stereocenters. The summed E-state index contributed by atoms with van der Waals surface area (Å²) >= 11 is 5.97. The van der Waals surface area contributed by atoms with Crippen molar-refractivity contribution in [3.05, 3.63) is 34.9 Å². The summed E-state index contributed by atoms with van der Waals surface area (Å²) in [5, 5.41) is 14.5. The fourth-order valence-corrected chi connectivity index (χ4v) is 3.57. The van der Waals surface area contributed by atoms with E-state index in [-0.39, 0.29) is 12.0 Å². The van der Waals surface area contributed by atoms with Crippen molar-refractivity contribution in [2.45, 2.75) is 38.7 Å². The van der Waals surface area contributed by atoms with Crippen LogP contribution in [0.25, 0.3) is 0 Å². The molecule has 2 N–H and O–H groups in total. The van der Waals surface area contributed by atoms with E-state index in [9.17, 15) is 5.11 Å². The van der Waals surface area contributed by atoms with Crippen LogP contribution in [0.1, 0.15) is 38.2 Å². The molecule has 3 unspecified atom stereocenters. The average Bonchev–Trinajstić information content (AvgIpc) is 2.42. The van der Waals surface area contributed by atoms with E-state index in [1.807, 2.05) is 12.1 Å². The number of benzene rings is 1. The topological polar surface area (TPSA) is 32.3 Å². The van der Waals surface area contributed by atoms with Crippen LogP contribution < -0.4 is 5.32 Å². The minimum atomic E-state index is -0.305. The van der Waals surface area contributed by atoms with E-state index in [1.54, 1.807) is 0 Å². The first kappa shape index (κ1) is 14.8. The lowest BCUT2D eigenvalue weighted by molar-refractivity contribution is 0.0621. The van der Waals surface area contributed by atoms with Crippen LogP contribution in [0.15, 0.2) is 24.3 Å². The van der Waals surface area contributed by atoms with Gasteiger partial charge in [-0.05, 0) is 36.1 Å². The Labute approximate surface area is 121 Å². The molecule has 106 valence electrons. The van der Waals surface area contributed by atoms with Crippen LogP contribution in [0, 0.1) is 11.8 Å². The van der Waals surface area contributed by atoms with Gasteiger partial charge in [-0.15, -0.1) is 0 Å². The van der Waals surface area contributed by atoms with E-state index in [2.05, 4.69) is 31.3 Å². The van der Waals surface area contributed by atoms with Gasteiger partial charge in [-0.1, -0.05) is 50.4 Å². The zero-order valence-electron chi connectivity index (χ0n) is 11.8. The fourth-order valence-electron chi connectivity index (χ4n) is 3.45. The lowest BCUT2D eigenvalue weighted by Crippen LogP contribution is -2.47. The molecule has 1 aliphatic heterocycles. The maximum Gasteiger partial charge on any atom is 0.0736 e. The summed E-state index contributed by atoms with van der Waals surface area (Å²) < 4.78 is 0. The highest BCUT2D eigenvalue weighted by molar-refractivity contribution is 6.30. The number of aliphatic hydroxyl groups excluding tert-OH is 1. The van der Waals surface area contributed by atoms with E-state index in [0.717, 1.165) is 11.6 Å². The fraction of sp³-hybridized carbons (Fsp3) is 0.625. The van der Waals surface area contributed by atoms with Crippen molar-refractivity contribution < 1.29 is 5.11 Å². The molecule has 0 aliphatic carbocycles. The number of rotatable bonds is 4. The molecule has 1 fully saturated rings. The number of hydrogen-bond acceptors (Lipinski definition) is 2. The van der Waals surface area contributed by atoms with E-state index < -0.39 is 0 Å². The normalized spacial score (nSPS) is 27.7. The zero-order valence-corrected chi connectivity index (χ0v) is 12.5. The monoisotopic (exact) mass is 281 g/mol. The van der Waals surface area contributed by atoms with Gasteiger partial charge in [0, 0.05) is 17.5 Å². The molecule has 19 heavy (non-hydrogen) atoms. The number of β-amino-alcohol motifs (C(OH)–C–C–N with tert-alkyl or cyclic N) is 1. The Balaban J connectivity index is 2.27. The molecular weight excluding hydrogens is 258 g/mol. The van der Waals surface area contributed by atoms with Crippen LogP contribution in [0.2, 0.25) is 5.02 Å². The predicted molar refractivity (Wildman–Crippen MR) is 80.6 cm³/mol. The molecular formula is C16H24ClNO. The molecule has 1 saturated heterocycles. The highest BCUT2D eigenvalue weighted by Crippen LogP contribution is 2.38. The van der Waals surface area contributed by atoms with E-state index in [0.29, 0.717) is 18.4 Å². The van der Waals surface area contributed by atoms with Crippen molar-refractivity contribution in [3.63, 3.8) is 0 Å². The summed E-state index contributed by atoms with van der Waals surface area (Å²) in [5.41, 5.74) is 1.22. The molecule has 1 heterocycles. The molecule has 1 aromatic carbocycles. The molecule has 0 spiro atoms. The predicted octanol–water partition coefficient (Wildman–Crippen LogP) is 3.44. The van der Waals surface area contributed by atoms with Crippen molar-refractivity contribution in [3.8, 4) is 0 Å². The minimum Gasteiger partial charge on any atom is -0.391 e. The maximum atomic E-state index is 10.4. The quantitative estimate of drug-likeness (QED) is 0.886. The first-order valence-electron chi connectivity index (χ1n) is 7.31. The minimum absolute atomic E-state index is 0.225. The van der Waals surface area contributed by atoms with Gasteiger partial charge in [0.2, 0.25) is 0 Å². The lowest BCUT2D eigenvalue weighted by Gasteiger charge is -2.40. The number of aliphatic hydroxyl groups is 1. The molecule has 0 radical (unpaired) electrons. The van der Waals surface area contributed by atoms with Crippen LogP contribution in [0.4, 0.5) is 0 Å². The van der Waals surface area contributed by atoms with Gasteiger partial charge in [-0.2, -0.15) is 0 Å². The number of hydrogen-bond donors (Lipinski definition) is 2. The molecule has 0 aromatic heterocycles. The molecule has 0 bridgehead atoms. The third kappa shape index (κ3) is 3.31. The third-order valence-electron chi connectivity index (χ3n) is 4.52. The Morgan fingerprint density at radius 2 is 1.84 bits per heavy atom. The molecule has 0 amide bonds. The Morgan fingerprint density at radius 3 is 2.42 bits per heavy atom. The SMILES string of the molecule is CCC(CC)C1CNCC(O)C1c1ccc(Cl)cc1. The summed E-state index contributed by atoms with van der Waals surface area (Å²) in [6.45, 7) is 6.17. The zero-order chi connectivity index (χ0) is 13.8. The number of piperidine rings is 1. The van der Waals surface area contributed by atoms with Crippen molar-refractivity contribution in [1.29, 1.82) is 0 Å². The van der Waals surface area contributed by atoms with E-state index >= 15 is 0 Å². The molecule has 1 aromatic rings. The van der Waals surface area contributed by atoms with Crippen molar-refractivity contribution in [2.75, 3.05) is 13.1 Å². The summed E-state index contributed by atoms with van der Waals surface area (Å²) in [4.78, 5) is 0. The molecule has 2 rings (SSSR count). The second-order valence-electron chi connectivity index (χ2n) is 5.54. The highest BCUT2D eigenvalue weighted by atomic mass is 35.5. The molecule has 0 saturated carbocycles. The third-order valence-corrected chi connectivity index (χ3v) is 4.77. The Hall–Kier alpha value is -0.570. The van der Waals surface area contributed by atoms with Gasteiger partial charge in [-0.25, -0.2) is 0 Å². The van der Waals surface area contributed by atoms with Crippen LogP contribution in [-0.4, -0.2) is 24.3 Å². The molecule has 3 heteroatoms. The van der Waals surface area contributed by atoms with Gasteiger partial charge in [0.15, 0.2) is 0 Å². The molecule has 1 aliphatic rings. The maximum absolute atomic E-state index is 10.4. The van der Waals surface area contributed by atoms with Gasteiger partial charge >= 0.3 is 0 Å². The van der Waals surface area contributed by atoms with Gasteiger partial charge in [0.25, 0.3) is 0 Å². The lowest BCUT2D eigenvalue weighted by atomic mass is 9.71. The first-order valence-corrected chi connectivity index (χ1v) is 7.69. The van der Waals surface area contributed by atoms with Crippen LogP contribution in [-0.2, 0) is 0 Å². The number of halogens is 1. The van der Waals surface area contributed by atoms with Crippen LogP contribution >= 0.6 is 11.6 Å². The van der Waals surface area contributed by atoms with Crippen LogP contribution in [0.5, 0.6) is 0 Å². The highest BCUT2D eigenvalue weighted by Gasteiger charge is 2.36. The Morgan fingerprint density at radius 1 is 1.21 bits per heavy atom. The second-order valence-corrected chi connectivity index (χ2v) is 5.98. The van der Waals surface area contributed by atoms with Crippen molar-refractivity contribution in [1.82, 2.24) is 5.32 Å². The van der Waals surface area contributed by atoms with E-state index in [1.165, 1.54) is 18.4 Å². The summed E-state index contributed by atoms with van der Waals surface area (Å²) in [7, 11) is 0. The average molecular weight is 282 g/mol. The van der Waals surface area contributed by atoms with Gasteiger partial charge in [0.1, 0.15) is 0 Å². The summed E-state index contributed by atoms with van der Waals surface area (Å²) in [6.07, 6.45) is 2.03. The van der Waals surface area contributed by atoms with Crippen molar-refractivity contribution >= 4 is 11.6 Å². The van der Waals surface area contributed by atoms with Crippen LogP contribution in [0.3, 0.4) is 0 Å². The summed E-state index contributed by atoms with van der Waals surface area (Å²) in [5.74, 6) is 1.38. The standard InChI is InChI=1S/C16H24ClNO/c1-3-11(4-2)14-9-18-10-15(19)16(14)12-5-7-13(17)8-6-12/h5-8,11,14-16,18-19H,3-4,9-10H2,1-2H3. The Bertz CT molecular complexity index is 388. The smallest absolute Gasteiger partial charge is 0.0736 e. The largest absolute Gasteiger partial charge is 0.391 e. The van der Waals surface area contributed by atoms with Gasteiger partial charge in [-0.3, -0.25) is 0 Å². The van der Waals surface area contributed by atoms with Crippen molar-refractivity contribution in [2.24, 2.45) is 11.8 Å². The van der Waals surface area contributed by atoms with Gasteiger partial charge in [0.05, 0.1) is 6.10 Å². The van der Waals surface area contributed by atoms with Gasteiger partial charge < -0.3 is 10.4 Å². The van der Waals surface area contributed by atoms with E-state index in [4.69, 9.17) is 11.6 Å². The second kappa shape index (κ2) is 6.74. The molecule has 2 nitrogen and oxygen atoms in total. The first-order chi connectivity index (χ1) is 9.17.